The van der Waals surface area contributed by atoms with E-state index in [9.17, 15) is 4.79 Å². The molecule has 0 spiro atoms. The van der Waals surface area contributed by atoms with Crippen molar-refractivity contribution in [1.29, 1.82) is 0 Å². The van der Waals surface area contributed by atoms with Gasteiger partial charge in [0.05, 0.1) is 6.61 Å². The van der Waals surface area contributed by atoms with Crippen LogP contribution in [0.3, 0.4) is 0 Å². The number of methoxy groups -OCH3 is 1. The van der Waals surface area contributed by atoms with Crippen LogP contribution in [-0.4, -0.2) is 50.7 Å². The summed E-state index contributed by atoms with van der Waals surface area (Å²) in [4.78, 5) is 13.1. The topological polar surface area (TPSA) is 41.6 Å². The zero-order chi connectivity index (χ0) is 12.7. The average molecular weight is 230 g/mol. The maximum Gasteiger partial charge on any atom is 0.223 e. The minimum absolute atomic E-state index is 0.153. The van der Waals surface area contributed by atoms with Gasteiger partial charge < -0.3 is 15.0 Å². The van der Waals surface area contributed by atoms with Gasteiger partial charge >= 0.3 is 0 Å². The molecular formula is C12H26N2O2. The Bertz CT molecular complexity index is 205. The standard InChI is InChI=1S/C12H26N2O2/c1-9(2)11(8-16-6)13-10(3)7-12(15)14(4)5/h9-11,13H,7-8H2,1-6H3. The first kappa shape index (κ1) is 15.4. The molecule has 2 unspecified atom stereocenters. The van der Waals surface area contributed by atoms with Crippen LogP contribution in [0, 0.1) is 5.92 Å². The van der Waals surface area contributed by atoms with E-state index in [0.29, 0.717) is 25.0 Å². The van der Waals surface area contributed by atoms with Gasteiger partial charge in [0.1, 0.15) is 0 Å². The predicted molar refractivity (Wildman–Crippen MR) is 66.4 cm³/mol. The van der Waals surface area contributed by atoms with Crippen molar-refractivity contribution in [3.63, 3.8) is 0 Å². The highest BCUT2D eigenvalue weighted by atomic mass is 16.5. The van der Waals surface area contributed by atoms with Crippen LogP contribution in [0.2, 0.25) is 0 Å². The lowest BCUT2D eigenvalue weighted by Crippen LogP contribution is -2.44. The summed E-state index contributed by atoms with van der Waals surface area (Å²) in [5.41, 5.74) is 0. The van der Waals surface area contributed by atoms with Crippen molar-refractivity contribution in [2.45, 2.75) is 39.3 Å². The summed E-state index contributed by atoms with van der Waals surface area (Å²) in [6.07, 6.45) is 0.528. The first-order valence-electron chi connectivity index (χ1n) is 5.83. The van der Waals surface area contributed by atoms with Crippen LogP contribution in [0.1, 0.15) is 27.2 Å². The SMILES string of the molecule is COCC(NC(C)CC(=O)N(C)C)C(C)C. The molecule has 0 aromatic rings. The third-order valence-electron chi connectivity index (χ3n) is 2.63. The molecule has 0 radical (unpaired) electrons. The van der Waals surface area contributed by atoms with Gasteiger partial charge in [-0.3, -0.25) is 4.79 Å². The number of hydrogen-bond acceptors (Lipinski definition) is 3. The van der Waals surface area contributed by atoms with E-state index in [1.54, 1.807) is 26.1 Å². The van der Waals surface area contributed by atoms with Crippen LogP contribution in [0.25, 0.3) is 0 Å². The van der Waals surface area contributed by atoms with E-state index in [1.807, 2.05) is 6.92 Å². The molecule has 0 aromatic heterocycles. The Hall–Kier alpha value is -0.610. The Kier molecular flexibility index (Phi) is 7.34. The van der Waals surface area contributed by atoms with Crippen LogP contribution >= 0.6 is 0 Å². The summed E-state index contributed by atoms with van der Waals surface area (Å²) in [6, 6.07) is 0.479. The second-order valence-corrected chi connectivity index (χ2v) is 4.87. The number of hydrogen-bond donors (Lipinski definition) is 1. The fourth-order valence-corrected chi connectivity index (χ4v) is 1.48. The molecule has 0 heterocycles. The fraction of sp³-hybridized carbons (Fsp3) is 0.917. The molecule has 96 valence electrons. The van der Waals surface area contributed by atoms with Gasteiger partial charge in [-0.1, -0.05) is 13.8 Å². The largest absolute Gasteiger partial charge is 0.383 e. The molecule has 0 bridgehead atoms. The van der Waals surface area contributed by atoms with Gasteiger partial charge in [0.2, 0.25) is 5.91 Å². The lowest BCUT2D eigenvalue weighted by atomic mass is 10.0. The lowest BCUT2D eigenvalue weighted by molar-refractivity contribution is -0.129. The number of rotatable bonds is 7. The van der Waals surface area contributed by atoms with Gasteiger partial charge in [0.15, 0.2) is 0 Å². The van der Waals surface area contributed by atoms with Crippen LogP contribution in [0.4, 0.5) is 0 Å². The Morgan fingerprint density at radius 2 is 1.88 bits per heavy atom. The molecule has 0 saturated carbocycles. The maximum atomic E-state index is 11.5. The highest BCUT2D eigenvalue weighted by Crippen LogP contribution is 2.05. The highest BCUT2D eigenvalue weighted by molar-refractivity contribution is 5.76. The Morgan fingerprint density at radius 1 is 1.31 bits per heavy atom. The molecule has 0 aliphatic heterocycles. The Morgan fingerprint density at radius 3 is 2.25 bits per heavy atom. The summed E-state index contributed by atoms with van der Waals surface area (Å²) in [5, 5.41) is 3.43. The van der Waals surface area contributed by atoms with E-state index in [4.69, 9.17) is 4.74 Å². The van der Waals surface area contributed by atoms with Crippen LogP contribution in [-0.2, 0) is 9.53 Å². The van der Waals surface area contributed by atoms with E-state index < -0.39 is 0 Å². The zero-order valence-electron chi connectivity index (χ0n) is 11.4. The number of carbonyl (C=O) groups excluding carboxylic acids is 1. The number of nitrogens with zero attached hydrogens (tertiary/aromatic N) is 1. The zero-order valence-corrected chi connectivity index (χ0v) is 11.4. The third-order valence-corrected chi connectivity index (χ3v) is 2.63. The van der Waals surface area contributed by atoms with Gasteiger partial charge in [0.25, 0.3) is 0 Å². The Labute approximate surface area is 99.3 Å². The monoisotopic (exact) mass is 230 g/mol. The molecule has 0 aliphatic rings. The summed E-state index contributed by atoms with van der Waals surface area (Å²) >= 11 is 0. The molecule has 0 fully saturated rings. The lowest BCUT2D eigenvalue weighted by Gasteiger charge is -2.26. The first-order valence-corrected chi connectivity index (χ1v) is 5.83. The van der Waals surface area contributed by atoms with Crippen LogP contribution in [0.5, 0.6) is 0 Å². The second-order valence-electron chi connectivity index (χ2n) is 4.87. The van der Waals surface area contributed by atoms with Crippen molar-refractivity contribution in [2.75, 3.05) is 27.8 Å². The fourth-order valence-electron chi connectivity index (χ4n) is 1.48. The molecule has 0 aliphatic carbocycles. The van der Waals surface area contributed by atoms with Gasteiger partial charge in [-0.15, -0.1) is 0 Å². The van der Waals surface area contributed by atoms with Crippen molar-refractivity contribution in [1.82, 2.24) is 10.2 Å². The van der Waals surface area contributed by atoms with Gasteiger partial charge in [-0.05, 0) is 12.8 Å². The van der Waals surface area contributed by atoms with Gasteiger partial charge in [-0.25, -0.2) is 0 Å². The minimum atomic E-state index is 0.153. The van der Waals surface area contributed by atoms with E-state index in [-0.39, 0.29) is 11.9 Å². The van der Waals surface area contributed by atoms with Crippen LogP contribution < -0.4 is 5.32 Å². The normalized spacial score (nSPS) is 14.9. The quantitative estimate of drug-likeness (QED) is 0.712. The maximum absolute atomic E-state index is 11.5. The predicted octanol–water partition coefficient (Wildman–Crippen LogP) is 1.11. The highest BCUT2D eigenvalue weighted by Gasteiger charge is 2.17. The second kappa shape index (κ2) is 7.63. The molecular weight excluding hydrogens is 204 g/mol. The average Bonchev–Trinajstić information content (AvgIpc) is 2.16. The smallest absolute Gasteiger partial charge is 0.223 e. The van der Waals surface area contributed by atoms with Gasteiger partial charge in [-0.2, -0.15) is 0 Å². The molecule has 0 saturated heterocycles. The van der Waals surface area contributed by atoms with E-state index in [0.717, 1.165) is 0 Å². The summed E-state index contributed by atoms with van der Waals surface area (Å²) in [5.74, 6) is 0.650. The van der Waals surface area contributed by atoms with Crippen molar-refractivity contribution >= 4 is 5.91 Å². The molecule has 0 rings (SSSR count). The number of carbonyl (C=O) groups is 1. The van der Waals surface area contributed by atoms with Crippen molar-refractivity contribution in [3.8, 4) is 0 Å². The molecule has 4 nitrogen and oxygen atoms in total. The van der Waals surface area contributed by atoms with Crippen molar-refractivity contribution < 1.29 is 9.53 Å². The summed E-state index contributed by atoms with van der Waals surface area (Å²) in [7, 11) is 5.26. The molecule has 0 aromatic carbocycles. The molecule has 2 atom stereocenters. The number of ether oxygens (including phenoxy) is 1. The van der Waals surface area contributed by atoms with Crippen molar-refractivity contribution in [3.05, 3.63) is 0 Å². The number of nitrogens with one attached hydrogen (secondary N) is 1. The van der Waals surface area contributed by atoms with E-state index >= 15 is 0 Å². The molecule has 16 heavy (non-hydrogen) atoms. The third kappa shape index (κ3) is 6.08. The summed E-state index contributed by atoms with van der Waals surface area (Å²) in [6.45, 7) is 7.01. The van der Waals surface area contributed by atoms with E-state index in [2.05, 4.69) is 19.2 Å². The Balaban J connectivity index is 4.09. The van der Waals surface area contributed by atoms with Crippen LogP contribution in [0.15, 0.2) is 0 Å². The van der Waals surface area contributed by atoms with E-state index in [1.165, 1.54) is 0 Å². The first-order chi connectivity index (χ1) is 7.38. The summed E-state index contributed by atoms with van der Waals surface area (Å²) < 4.78 is 5.16. The van der Waals surface area contributed by atoms with Crippen molar-refractivity contribution in [2.24, 2.45) is 5.92 Å². The molecule has 1 N–H and O–H groups in total. The minimum Gasteiger partial charge on any atom is -0.383 e. The molecule has 1 amide bonds. The van der Waals surface area contributed by atoms with Gasteiger partial charge in [0, 0.05) is 39.7 Å². The number of amides is 1. The molecule has 4 heteroatoms.